The molecule has 2 aliphatic rings. The summed E-state index contributed by atoms with van der Waals surface area (Å²) in [4.78, 5) is 25.9. The number of rotatable bonds is 6. The predicted octanol–water partition coefficient (Wildman–Crippen LogP) is 5.30. The zero-order valence-electron chi connectivity index (χ0n) is 18.5. The predicted molar refractivity (Wildman–Crippen MR) is 129 cm³/mol. The van der Waals surface area contributed by atoms with Crippen LogP contribution in [-0.2, 0) is 9.53 Å². The molecular weight excluding hydrogens is 440 g/mol. The first-order valence-corrected chi connectivity index (χ1v) is 12.1. The van der Waals surface area contributed by atoms with E-state index in [-0.39, 0.29) is 12.2 Å². The van der Waals surface area contributed by atoms with Crippen LogP contribution in [0.4, 0.5) is 5.82 Å². The smallest absolute Gasteiger partial charge is 0.303 e. The Bertz CT molecular complexity index is 1100. The maximum Gasteiger partial charge on any atom is 0.303 e. The number of carboxylic acid groups (broad SMARTS) is 1. The van der Waals surface area contributed by atoms with Gasteiger partial charge in [-0.05, 0) is 74.8 Å². The van der Waals surface area contributed by atoms with Gasteiger partial charge in [0.2, 0.25) is 0 Å². The van der Waals surface area contributed by atoms with Crippen molar-refractivity contribution in [3.05, 3.63) is 41.6 Å². The highest BCUT2D eigenvalue weighted by atomic mass is 35.5. The Morgan fingerprint density at radius 1 is 1.09 bits per heavy atom. The first-order valence-electron chi connectivity index (χ1n) is 11.8. The summed E-state index contributed by atoms with van der Waals surface area (Å²) in [6.07, 6.45) is 8.59. The minimum atomic E-state index is -0.684. The fourth-order valence-corrected chi connectivity index (χ4v) is 5.21. The average molecular weight is 469 g/mol. The van der Waals surface area contributed by atoms with E-state index in [1.54, 1.807) is 0 Å². The highest BCUT2D eigenvalue weighted by molar-refractivity contribution is 6.31. The van der Waals surface area contributed by atoms with Crippen LogP contribution in [0.25, 0.3) is 22.4 Å². The largest absolute Gasteiger partial charge is 0.481 e. The van der Waals surface area contributed by atoms with Gasteiger partial charge in [0, 0.05) is 36.3 Å². The molecule has 5 rings (SSSR count). The van der Waals surface area contributed by atoms with Gasteiger partial charge in [0.15, 0.2) is 0 Å². The molecule has 0 bridgehead atoms. The number of ether oxygens (including phenoxy) is 1. The van der Waals surface area contributed by atoms with Gasteiger partial charge in [0.05, 0.1) is 23.2 Å². The lowest BCUT2D eigenvalue weighted by molar-refractivity contribution is -0.138. The third kappa shape index (κ3) is 5.31. The van der Waals surface area contributed by atoms with Crippen molar-refractivity contribution in [2.24, 2.45) is 5.92 Å². The molecule has 1 saturated heterocycles. The van der Waals surface area contributed by atoms with Gasteiger partial charge in [-0.25, -0.2) is 9.97 Å². The summed E-state index contributed by atoms with van der Waals surface area (Å²) in [5.74, 6) is 1.40. The average Bonchev–Trinajstić information content (AvgIpc) is 3.24. The number of hydrogen-bond donors (Lipinski definition) is 2. The van der Waals surface area contributed by atoms with Crippen LogP contribution in [0, 0.1) is 5.92 Å². The zero-order valence-corrected chi connectivity index (χ0v) is 19.3. The van der Waals surface area contributed by atoms with Crippen molar-refractivity contribution in [2.75, 3.05) is 18.0 Å². The third-order valence-corrected chi connectivity index (χ3v) is 7.11. The van der Waals surface area contributed by atoms with Gasteiger partial charge < -0.3 is 19.7 Å². The van der Waals surface area contributed by atoms with E-state index in [0.29, 0.717) is 17.4 Å². The highest BCUT2D eigenvalue weighted by Crippen LogP contribution is 2.31. The van der Waals surface area contributed by atoms with E-state index in [2.05, 4.69) is 27.0 Å². The molecule has 0 atom stereocenters. The fourth-order valence-electron chi connectivity index (χ4n) is 5.04. The van der Waals surface area contributed by atoms with Crippen LogP contribution >= 0.6 is 11.6 Å². The third-order valence-electron chi connectivity index (χ3n) is 6.87. The van der Waals surface area contributed by atoms with Crippen LogP contribution in [0.2, 0.25) is 5.02 Å². The number of nitrogens with zero attached hydrogens (tertiary/aromatic N) is 3. The molecule has 2 aromatic heterocycles. The summed E-state index contributed by atoms with van der Waals surface area (Å²) in [5.41, 5.74) is 2.75. The Balaban J connectivity index is 1.12. The van der Waals surface area contributed by atoms with E-state index in [4.69, 9.17) is 26.4 Å². The number of aliphatic carboxylic acids is 1. The van der Waals surface area contributed by atoms with E-state index in [1.165, 1.54) is 0 Å². The van der Waals surface area contributed by atoms with Gasteiger partial charge in [-0.1, -0.05) is 11.6 Å². The molecule has 3 aromatic rings. The molecule has 0 spiro atoms. The van der Waals surface area contributed by atoms with Gasteiger partial charge in [0.1, 0.15) is 11.6 Å². The number of pyridine rings is 1. The molecule has 1 aromatic carbocycles. The summed E-state index contributed by atoms with van der Waals surface area (Å²) in [5, 5.41) is 9.65. The number of aromatic nitrogens is 3. The molecule has 174 valence electrons. The molecule has 0 radical (unpaired) electrons. The molecule has 33 heavy (non-hydrogen) atoms. The first kappa shape index (κ1) is 22.2. The number of piperidine rings is 1. The lowest BCUT2D eigenvalue weighted by Gasteiger charge is -2.36. The minimum absolute atomic E-state index is 0.280. The number of carboxylic acids is 1. The van der Waals surface area contributed by atoms with Crippen molar-refractivity contribution in [1.29, 1.82) is 0 Å². The molecule has 1 saturated carbocycles. The molecule has 1 aliphatic heterocycles. The Hall–Kier alpha value is -2.64. The standard InChI is InChI=1S/C25H29ClN4O3/c26-18-4-7-21-22(14-18)29-25(28-21)17-3-8-23(27-15-17)30-11-9-20(10-12-30)33-19-5-1-16(2-6-19)13-24(31)32/h3-4,7-8,14-16,19-20H,1-2,5-6,9-13H2,(H,28,29)(H,31,32)/t16-,19-. The van der Waals surface area contributed by atoms with E-state index in [0.717, 1.165) is 79.9 Å². The maximum atomic E-state index is 10.9. The Labute approximate surface area is 198 Å². The van der Waals surface area contributed by atoms with Gasteiger partial charge in [-0.2, -0.15) is 0 Å². The second-order valence-electron chi connectivity index (χ2n) is 9.22. The SMILES string of the molecule is O=C(O)C[C@H]1CC[C@H](OC2CCN(c3ccc(-c4nc5cc(Cl)ccc5[nH]4)cn3)CC2)CC1. The zero-order chi connectivity index (χ0) is 22.8. The summed E-state index contributed by atoms with van der Waals surface area (Å²) in [6, 6.07) is 9.75. The second kappa shape index (κ2) is 9.69. The van der Waals surface area contributed by atoms with Gasteiger partial charge in [-0.3, -0.25) is 4.79 Å². The van der Waals surface area contributed by atoms with E-state index in [1.807, 2.05) is 24.4 Å². The van der Waals surface area contributed by atoms with Crippen LogP contribution in [0.5, 0.6) is 0 Å². The van der Waals surface area contributed by atoms with Crippen LogP contribution in [0.15, 0.2) is 36.5 Å². The number of carbonyl (C=O) groups is 1. The summed E-state index contributed by atoms with van der Waals surface area (Å²) in [7, 11) is 0. The van der Waals surface area contributed by atoms with Crippen molar-refractivity contribution in [2.45, 2.75) is 57.2 Å². The minimum Gasteiger partial charge on any atom is -0.481 e. The number of H-pyrrole nitrogens is 1. The number of nitrogens with one attached hydrogen (secondary N) is 1. The van der Waals surface area contributed by atoms with E-state index < -0.39 is 5.97 Å². The topological polar surface area (TPSA) is 91.3 Å². The molecule has 7 nitrogen and oxygen atoms in total. The molecule has 2 fully saturated rings. The number of imidazole rings is 1. The van der Waals surface area contributed by atoms with E-state index >= 15 is 0 Å². The second-order valence-corrected chi connectivity index (χ2v) is 9.65. The van der Waals surface area contributed by atoms with Gasteiger partial charge >= 0.3 is 5.97 Å². The van der Waals surface area contributed by atoms with Crippen molar-refractivity contribution >= 4 is 34.4 Å². The number of halogens is 1. The van der Waals surface area contributed by atoms with Gasteiger partial charge in [0.25, 0.3) is 0 Å². The summed E-state index contributed by atoms with van der Waals surface area (Å²) < 4.78 is 6.37. The maximum absolute atomic E-state index is 10.9. The normalized spacial score (nSPS) is 22.0. The van der Waals surface area contributed by atoms with Crippen molar-refractivity contribution < 1.29 is 14.6 Å². The monoisotopic (exact) mass is 468 g/mol. The van der Waals surface area contributed by atoms with Crippen LogP contribution in [0.3, 0.4) is 0 Å². The lowest BCUT2D eigenvalue weighted by atomic mass is 9.85. The Morgan fingerprint density at radius 2 is 1.85 bits per heavy atom. The van der Waals surface area contributed by atoms with Crippen LogP contribution < -0.4 is 4.90 Å². The number of hydrogen-bond acceptors (Lipinski definition) is 5. The van der Waals surface area contributed by atoms with Crippen LogP contribution in [0.1, 0.15) is 44.9 Å². The molecule has 0 amide bonds. The number of aromatic amines is 1. The van der Waals surface area contributed by atoms with Gasteiger partial charge in [-0.15, -0.1) is 0 Å². The molecule has 2 N–H and O–H groups in total. The van der Waals surface area contributed by atoms with E-state index in [9.17, 15) is 4.79 Å². The first-order chi connectivity index (χ1) is 16.0. The molecule has 3 heterocycles. The molecule has 0 unspecified atom stereocenters. The van der Waals surface area contributed by atoms with Crippen molar-refractivity contribution in [3.8, 4) is 11.4 Å². The summed E-state index contributed by atoms with van der Waals surface area (Å²) in [6.45, 7) is 1.85. The number of fused-ring (bicyclic) bond motifs is 1. The number of anilines is 1. The highest BCUT2D eigenvalue weighted by Gasteiger charge is 2.28. The molecule has 1 aliphatic carbocycles. The quantitative estimate of drug-likeness (QED) is 0.510. The Morgan fingerprint density at radius 3 is 2.55 bits per heavy atom. The van der Waals surface area contributed by atoms with Crippen molar-refractivity contribution in [3.63, 3.8) is 0 Å². The summed E-state index contributed by atoms with van der Waals surface area (Å²) >= 11 is 6.07. The fraction of sp³-hybridized carbons (Fsp3) is 0.480. The molecular formula is C25H29ClN4O3. The number of benzene rings is 1. The van der Waals surface area contributed by atoms with Crippen LogP contribution in [-0.4, -0.2) is 51.3 Å². The molecule has 8 heteroatoms. The Kier molecular flexibility index (Phi) is 6.51. The van der Waals surface area contributed by atoms with Crippen molar-refractivity contribution in [1.82, 2.24) is 15.0 Å². The lowest BCUT2D eigenvalue weighted by Crippen LogP contribution is -2.39.